The van der Waals surface area contributed by atoms with Gasteiger partial charge in [0.1, 0.15) is 6.04 Å². The lowest BCUT2D eigenvalue weighted by Gasteiger charge is -2.40. The van der Waals surface area contributed by atoms with Crippen molar-refractivity contribution < 1.29 is 4.79 Å². The van der Waals surface area contributed by atoms with Gasteiger partial charge in [-0.3, -0.25) is 10.1 Å². The fraction of sp³-hybridized carbons (Fsp3) is 0.207. The number of amides is 1. The van der Waals surface area contributed by atoms with E-state index in [1.165, 1.54) is 0 Å². The lowest BCUT2D eigenvalue weighted by atomic mass is 9.76. The molecule has 0 spiro atoms. The maximum atomic E-state index is 13.7. The average molecular weight is 423 g/mol. The van der Waals surface area contributed by atoms with Crippen LogP contribution in [0.1, 0.15) is 29.5 Å². The van der Waals surface area contributed by atoms with Crippen LogP contribution < -0.4 is 5.32 Å². The molecular formula is C29H30N2O. The lowest BCUT2D eigenvalue weighted by Crippen LogP contribution is -2.55. The van der Waals surface area contributed by atoms with Gasteiger partial charge in [-0.1, -0.05) is 103 Å². The molecule has 162 valence electrons. The van der Waals surface area contributed by atoms with Crippen LogP contribution in [0, 0.1) is 0 Å². The quantitative estimate of drug-likeness (QED) is 0.395. The zero-order valence-corrected chi connectivity index (χ0v) is 18.4. The SMILES string of the molecule is C=C[C@H](NC(c1ccccc1)(c1ccccc1)c1ccccc1)C(=O)N1CCC[C@H]1C=C. The van der Waals surface area contributed by atoms with Gasteiger partial charge in [0.15, 0.2) is 0 Å². The summed E-state index contributed by atoms with van der Waals surface area (Å²) in [6.45, 7) is 8.72. The second-order valence-electron chi connectivity index (χ2n) is 8.18. The summed E-state index contributed by atoms with van der Waals surface area (Å²) in [7, 11) is 0. The highest BCUT2D eigenvalue weighted by Gasteiger charge is 2.40. The first-order valence-electron chi connectivity index (χ1n) is 11.2. The van der Waals surface area contributed by atoms with E-state index in [0.717, 1.165) is 36.1 Å². The number of nitrogens with zero attached hydrogens (tertiary/aromatic N) is 1. The van der Waals surface area contributed by atoms with Crippen molar-refractivity contribution in [2.75, 3.05) is 6.54 Å². The largest absolute Gasteiger partial charge is 0.335 e. The van der Waals surface area contributed by atoms with Gasteiger partial charge in [0.2, 0.25) is 5.91 Å². The minimum Gasteiger partial charge on any atom is -0.335 e. The maximum Gasteiger partial charge on any atom is 0.244 e. The Hall–Kier alpha value is -3.43. The van der Waals surface area contributed by atoms with Crippen LogP contribution in [0.2, 0.25) is 0 Å². The van der Waals surface area contributed by atoms with E-state index < -0.39 is 11.6 Å². The van der Waals surface area contributed by atoms with Crippen molar-refractivity contribution in [3.05, 3.63) is 133 Å². The molecule has 3 nitrogen and oxygen atoms in total. The molecule has 1 aliphatic heterocycles. The Labute approximate surface area is 191 Å². The summed E-state index contributed by atoms with van der Waals surface area (Å²) < 4.78 is 0. The van der Waals surface area contributed by atoms with Crippen LogP contribution >= 0.6 is 0 Å². The predicted octanol–water partition coefficient (Wildman–Crippen LogP) is 5.30. The standard InChI is InChI=1S/C29H30N2O/c1-3-26-21-14-22-31(26)28(32)27(4-2)30-29(23-15-8-5-9-16-23,24-17-10-6-11-18-24)25-19-12-7-13-20-25/h3-13,15-20,26-27,30H,1-2,14,21-22H2/t26-,27+/m1/s1. The fourth-order valence-electron chi connectivity index (χ4n) is 4.76. The van der Waals surface area contributed by atoms with E-state index in [9.17, 15) is 4.79 Å². The smallest absolute Gasteiger partial charge is 0.244 e. The van der Waals surface area contributed by atoms with E-state index in [1.54, 1.807) is 6.08 Å². The first kappa shape index (κ1) is 21.8. The summed E-state index contributed by atoms with van der Waals surface area (Å²) in [5, 5.41) is 3.74. The van der Waals surface area contributed by atoms with Crippen LogP contribution in [0.5, 0.6) is 0 Å². The summed E-state index contributed by atoms with van der Waals surface area (Å²) in [4.78, 5) is 15.6. The fourth-order valence-corrected chi connectivity index (χ4v) is 4.76. The third-order valence-electron chi connectivity index (χ3n) is 6.35. The molecule has 3 heteroatoms. The molecule has 1 N–H and O–H groups in total. The molecule has 1 fully saturated rings. The Morgan fingerprint density at radius 2 is 1.34 bits per heavy atom. The van der Waals surface area contributed by atoms with Crippen molar-refractivity contribution in [2.24, 2.45) is 0 Å². The highest BCUT2D eigenvalue weighted by molar-refractivity contribution is 5.85. The van der Waals surface area contributed by atoms with Gasteiger partial charge >= 0.3 is 0 Å². The summed E-state index contributed by atoms with van der Waals surface area (Å²) >= 11 is 0. The minimum absolute atomic E-state index is 0.0366. The topological polar surface area (TPSA) is 32.3 Å². The third-order valence-corrected chi connectivity index (χ3v) is 6.35. The Balaban J connectivity index is 1.86. The van der Waals surface area contributed by atoms with Crippen molar-refractivity contribution >= 4 is 5.91 Å². The van der Waals surface area contributed by atoms with Crippen molar-refractivity contribution in [1.29, 1.82) is 0 Å². The van der Waals surface area contributed by atoms with Gasteiger partial charge in [-0.25, -0.2) is 0 Å². The molecule has 0 bridgehead atoms. The lowest BCUT2D eigenvalue weighted by molar-refractivity contribution is -0.132. The van der Waals surface area contributed by atoms with E-state index in [1.807, 2.05) is 65.6 Å². The van der Waals surface area contributed by atoms with Gasteiger partial charge in [0, 0.05) is 12.6 Å². The molecule has 0 aliphatic carbocycles. The van der Waals surface area contributed by atoms with Crippen LogP contribution in [0.4, 0.5) is 0 Å². The van der Waals surface area contributed by atoms with Gasteiger partial charge < -0.3 is 4.90 Å². The van der Waals surface area contributed by atoms with Crippen LogP contribution in [0.15, 0.2) is 116 Å². The number of nitrogens with one attached hydrogen (secondary N) is 1. The molecule has 1 aliphatic rings. The number of hydrogen-bond acceptors (Lipinski definition) is 2. The number of carbonyl (C=O) groups excluding carboxylic acids is 1. The van der Waals surface area contributed by atoms with Crippen molar-refractivity contribution in [2.45, 2.75) is 30.5 Å². The van der Waals surface area contributed by atoms with Gasteiger partial charge in [-0.05, 0) is 29.5 Å². The molecular weight excluding hydrogens is 392 g/mol. The van der Waals surface area contributed by atoms with Crippen molar-refractivity contribution in [1.82, 2.24) is 10.2 Å². The Bertz CT molecular complexity index is 950. The summed E-state index contributed by atoms with van der Waals surface area (Å²) in [5.74, 6) is 0.0366. The van der Waals surface area contributed by atoms with E-state index >= 15 is 0 Å². The minimum atomic E-state index is -0.721. The summed E-state index contributed by atoms with van der Waals surface area (Å²) in [6.07, 6.45) is 5.56. The zero-order valence-electron chi connectivity index (χ0n) is 18.4. The third kappa shape index (κ3) is 4.04. The Morgan fingerprint density at radius 1 is 0.875 bits per heavy atom. The molecule has 4 rings (SSSR count). The molecule has 32 heavy (non-hydrogen) atoms. The van der Waals surface area contributed by atoms with E-state index in [0.29, 0.717) is 0 Å². The number of rotatable bonds is 8. The van der Waals surface area contributed by atoms with Gasteiger partial charge in [0.05, 0.1) is 5.54 Å². The molecule has 1 heterocycles. The average Bonchev–Trinajstić information content (AvgIpc) is 3.35. The second-order valence-corrected chi connectivity index (χ2v) is 8.18. The molecule has 1 amide bonds. The Morgan fingerprint density at radius 3 is 1.75 bits per heavy atom. The van der Waals surface area contributed by atoms with Crippen LogP contribution in [-0.2, 0) is 10.3 Å². The van der Waals surface area contributed by atoms with Gasteiger partial charge in [0.25, 0.3) is 0 Å². The molecule has 1 saturated heterocycles. The van der Waals surface area contributed by atoms with Crippen LogP contribution in [-0.4, -0.2) is 29.4 Å². The number of likely N-dealkylation sites (tertiary alicyclic amines) is 1. The number of hydrogen-bond donors (Lipinski definition) is 1. The van der Waals surface area contributed by atoms with Gasteiger partial charge in [-0.15, -0.1) is 13.2 Å². The van der Waals surface area contributed by atoms with E-state index in [2.05, 4.69) is 54.9 Å². The molecule has 3 aromatic carbocycles. The molecule has 0 unspecified atom stereocenters. The monoisotopic (exact) mass is 422 g/mol. The summed E-state index contributed by atoms with van der Waals surface area (Å²) in [6, 6.07) is 30.5. The predicted molar refractivity (Wildman–Crippen MR) is 131 cm³/mol. The van der Waals surface area contributed by atoms with Crippen LogP contribution in [0.3, 0.4) is 0 Å². The molecule has 0 saturated carbocycles. The normalized spacial score (nSPS) is 17.0. The first-order chi connectivity index (χ1) is 15.7. The highest BCUT2D eigenvalue weighted by atomic mass is 16.2. The highest BCUT2D eigenvalue weighted by Crippen LogP contribution is 2.37. The van der Waals surface area contributed by atoms with Gasteiger partial charge in [-0.2, -0.15) is 0 Å². The zero-order chi connectivity index (χ0) is 22.4. The van der Waals surface area contributed by atoms with Crippen molar-refractivity contribution in [3.63, 3.8) is 0 Å². The first-order valence-corrected chi connectivity index (χ1v) is 11.2. The Kier molecular flexibility index (Phi) is 6.67. The van der Waals surface area contributed by atoms with Crippen molar-refractivity contribution in [3.8, 4) is 0 Å². The van der Waals surface area contributed by atoms with E-state index in [-0.39, 0.29) is 11.9 Å². The van der Waals surface area contributed by atoms with E-state index in [4.69, 9.17) is 0 Å². The number of benzene rings is 3. The number of carbonyl (C=O) groups is 1. The summed E-state index contributed by atoms with van der Waals surface area (Å²) in [5.41, 5.74) is 2.48. The molecule has 3 aromatic rings. The molecule has 0 aromatic heterocycles. The van der Waals surface area contributed by atoms with Crippen LogP contribution in [0.25, 0.3) is 0 Å². The molecule has 0 radical (unpaired) electrons. The molecule has 2 atom stereocenters. The maximum absolute atomic E-state index is 13.7. The second kappa shape index (κ2) is 9.80.